The largest absolute Gasteiger partial charge is 0.496 e. The van der Waals surface area contributed by atoms with Gasteiger partial charge in [0, 0.05) is 41.9 Å². The average molecular weight is 592 g/mol. The van der Waals surface area contributed by atoms with Crippen LogP contribution in [0, 0.1) is 23.7 Å². The van der Waals surface area contributed by atoms with Crippen molar-refractivity contribution < 1.29 is 19.0 Å². The molecule has 2 saturated heterocycles. The highest BCUT2D eigenvalue weighted by Gasteiger charge is 2.33. The number of aromatic nitrogens is 3. The van der Waals surface area contributed by atoms with Crippen LogP contribution >= 0.6 is 11.6 Å². The normalized spacial score (nSPS) is 19.7. The molecule has 1 aromatic carbocycles. The number of halogens is 1. The highest BCUT2D eigenvalue weighted by Crippen LogP contribution is 2.44. The van der Waals surface area contributed by atoms with Crippen molar-refractivity contribution >= 4 is 40.2 Å². The molecule has 0 saturated carbocycles. The van der Waals surface area contributed by atoms with Crippen LogP contribution < -0.4 is 25.0 Å². The summed E-state index contributed by atoms with van der Waals surface area (Å²) in [5.74, 6) is 1.90. The highest BCUT2D eigenvalue weighted by molar-refractivity contribution is 6.35. The first-order chi connectivity index (χ1) is 20.2. The van der Waals surface area contributed by atoms with Crippen LogP contribution in [0.3, 0.4) is 0 Å². The van der Waals surface area contributed by atoms with Gasteiger partial charge in [-0.15, -0.1) is 0 Å². The van der Waals surface area contributed by atoms with E-state index in [1.54, 1.807) is 26.5 Å². The number of hydrogen-bond donors (Lipinski definition) is 2. The van der Waals surface area contributed by atoms with Gasteiger partial charge in [0.1, 0.15) is 17.0 Å². The number of rotatable bonds is 8. The fourth-order valence-corrected chi connectivity index (χ4v) is 5.75. The summed E-state index contributed by atoms with van der Waals surface area (Å²) in [6.07, 6.45) is 4.38. The van der Waals surface area contributed by atoms with E-state index in [9.17, 15) is 10.1 Å². The van der Waals surface area contributed by atoms with E-state index in [-0.39, 0.29) is 23.4 Å². The van der Waals surface area contributed by atoms with Crippen LogP contribution in [0.4, 0.5) is 11.8 Å². The minimum Gasteiger partial charge on any atom is -0.496 e. The van der Waals surface area contributed by atoms with Crippen LogP contribution in [0.1, 0.15) is 25.3 Å². The summed E-state index contributed by atoms with van der Waals surface area (Å²) in [6, 6.07) is 5.65. The summed E-state index contributed by atoms with van der Waals surface area (Å²) in [6.45, 7) is 9.49. The molecule has 2 aliphatic rings. The number of pyridine rings is 1. The van der Waals surface area contributed by atoms with Gasteiger partial charge in [0.15, 0.2) is 5.82 Å². The maximum absolute atomic E-state index is 11.9. The number of benzene rings is 1. The number of amides is 1. The Morgan fingerprint density at radius 1 is 1.21 bits per heavy atom. The van der Waals surface area contributed by atoms with Crippen molar-refractivity contribution in [2.75, 3.05) is 50.7 Å². The monoisotopic (exact) mass is 591 g/mol. The molecule has 220 valence electrons. The Kier molecular flexibility index (Phi) is 8.38. The standard InChI is InChI=1S/C30H34ClN7O4/c1-6-24(39)34-20-14-42-15-21(20)36-29-33-13-18-11-19(25-17(2)22(40-4)12-23(41-5)26(25)31)35-28(27(18)37-29)38-9-7-30(3,16-32)8-10-38/h6,11-13,20-21H,1,7-10,14-15H2,2-5H3,(H,34,39)(H,33,36,37)/t20-,21+/m0/s1. The van der Waals surface area contributed by atoms with E-state index in [0.29, 0.717) is 84.2 Å². The quantitative estimate of drug-likeness (QED) is 0.365. The van der Waals surface area contributed by atoms with E-state index in [0.717, 1.165) is 10.9 Å². The molecular weight excluding hydrogens is 558 g/mol. The molecule has 3 aromatic rings. The number of methoxy groups -OCH3 is 2. The number of ether oxygens (including phenoxy) is 3. The summed E-state index contributed by atoms with van der Waals surface area (Å²) < 4.78 is 16.7. The zero-order chi connectivity index (χ0) is 30.0. The molecule has 2 N–H and O–H groups in total. The minimum absolute atomic E-state index is 0.223. The Balaban J connectivity index is 1.60. The van der Waals surface area contributed by atoms with Gasteiger partial charge in [-0.3, -0.25) is 4.79 Å². The SMILES string of the molecule is C=CC(=O)N[C@H]1COC[C@H]1Nc1ncc2cc(-c3c(C)c(OC)cc(OC)c3Cl)nc(N3CCC(C)(C#N)CC3)c2n1. The van der Waals surface area contributed by atoms with E-state index in [2.05, 4.69) is 33.2 Å². The molecule has 0 radical (unpaired) electrons. The van der Waals surface area contributed by atoms with E-state index in [1.165, 1.54) is 6.08 Å². The number of carbonyl (C=O) groups is 1. The third kappa shape index (κ3) is 5.65. The maximum Gasteiger partial charge on any atom is 0.243 e. The number of nitrogens with zero attached hydrogens (tertiary/aromatic N) is 5. The smallest absolute Gasteiger partial charge is 0.243 e. The highest BCUT2D eigenvalue weighted by atomic mass is 35.5. The first-order valence-electron chi connectivity index (χ1n) is 13.7. The summed E-state index contributed by atoms with van der Waals surface area (Å²) >= 11 is 6.84. The number of hydrogen-bond acceptors (Lipinski definition) is 10. The van der Waals surface area contributed by atoms with Crippen LogP contribution in [0.15, 0.2) is 31.0 Å². The molecular formula is C30H34ClN7O4. The fourth-order valence-electron chi connectivity index (χ4n) is 5.38. The first kappa shape index (κ1) is 29.4. The number of piperidine rings is 1. The lowest BCUT2D eigenvalue weighted by Gasteiger charge is -2.36. The number of anilines is 2. The lowest BCUT2D eigenvalue weighted by Crippen LogP contribution is -2.45. The topological polar surface area (TPSA) is 135 Å². The molecule has 11 nitrogen and oxygen atoms in total. The van der Waals surface area contributed by atoms with E-state index < -0.39 is 0 Å². The van der Waals surface area contributed by atoms with Crippen molar-refractivity contribution in [3.05, 3.63) is 41.6 Å². The van der Waals surface area contributed by atoms with Crippen molar-refractivity contribution in [3.8, 4) is 28.8 Å². The fraction of sp³-hybridized carbons (Fsp3) is 0.433. The van der Waals surface area contributed by atoms with Crippen LogP contribution in [-0.2, 0) is 9.53 Å². The molecule has 2 aliphatic heterocycles. The van der Waals surface area contributed by atoms with Gasteiger partial charge in [0.25, 0.3) is 0 Å². The third-order valence-corrected chi connectivity index (χ3v) is 8.41. The van der Waals surface area contributed by atoms with E-state index in [4.69, 9.17) is 35.8 Å². The van der Waals surface area contributed by atoms with Crippen molar-refractivity contribution in [1.82, 2.24) is 20.3 Å². The second-order valence-electron chi connectivity index (χ2n) is 10.8. The van der Waals surface area contributed by atoms with Gasteiger partial charge in [-0.25, -0.2) is 15.0 Å². The lowest BCUT2D eigenvalue weighted by atomic mass is 9.82. The van der Waals surface area contributed by atoms with Crippen molar-refractivity contribution in [1.29, 1.82) is 5.26 Å². The van der Waals surface area contributed by atoms with Crippen LogP contribution in [0.25, 0.3) is 22.2 Å². The summed E-state index contributed by atoms with van der Waals surface area (Å²) in [4.78, 5) is 28.7. The second-order valence-corrected chi connectivity index (χ2v) is 11.2. The zero-order valence-corrected chi connectivity index (χ0v) is 24.9. The molecule has 12 heteroatoms. The second kappa shape index (κ2) is 12.0. The Hall–Kier alpha value is -4.14. The molecule has 0 aliphatic carbocycles. The van der Waals surface area contributed by atoms with Gasteiger partial charge in [0.2, 0.25) is 11.9 Å². The predicted octanol–water partition coefficient (Wildman–Crippen LogP) is 4.28. The van der Waals surface area contributed by atoms with E-state index >= 15 is 0 Å². The van der Waals surface area contributed by atoms with Gasteiger partial charge in [-0.1, -0.05) is 18.2 Å². The Bertz CT molecular complexity index is 1540. The molecule has 2 aromatic heterocycles. The van der Waals surface area contributed by atoms with Gasteiger partial charge in [-0.05, 0) is 38.8 Å². The molecule has 0 unspecified atom stereocenters. The van der Waals surface area contributed by atoms with Gasteiger partial charge < -0.3 is 29.7 Å². The van der Waals surface area contributed by atoms with Gasteiger partial charge in [-0.2, -0.15) is 5.26 Å². The molecule has 4 heterocycles. The number of nitrogens with one attached hydrogen (secondary N) is 2. The summed E-state index contributed by atoms with van der Waals surface area (Å²) in [5.41, 5.74) is 2.42. The van der Waals surface area contributed by atoms with E-state index in [1.807, 2.05) is 19.9 Å². The zero-order valence-electron chi connectivity index (χ0n) is 24.2. The average Bonchev–Trinajstić information content (AvgIpc) is 3.43. The molecule has 2 fully saturated rings. The van der Waals surface area contributed by atoms with Gasteiger partial charge in [0.05, 0.1) is 61.7 Å². The maximum atomic E-state index is 11.9. The third-order valence-electron chi connectivity index (χ3n) is 8.03. The summed E-state index contributed by atoms with van der Waals surface area (Å²) in [5, 5.41) is 17.1. The molecule has 0 bridgehead atoms. The lowest BCUT2D eigenvalue weighted by molar-refractivity contribution is -0.117. The number of fused-ring (bicyclic) bond motifs is 1. The van der Waals surface area contributed by atoms with Gasteiger partial charge >= 0.3 is 0 Å². The first-order valence-corrected chi connectivity index (χ1v) is 14.1. The molecule has 42 heavy (non-hydrogen) atoms. The van der Waals surface area contributed by atoms with Crippen LogP contribution in [0.5, 0.6) is 11.5 Å². The Morgan fingerprint density at radius 2 is 1.93 bits per heavy atom. The Morgan fingerprint density at radius 3 is 2.60 bits per heavy atom. The minimum atomic E-state index is -0.390. The Labute approximate surface area is 249 Å². The number of carbonyl (C=O) groups excluding carboxylic acids is 1. The number of nitriles is 1. The van der Waals surface area contributed by atoms with Crippen LogP contribution in [-0.4, -0.2) is 73.5 Å². The van der Waals surface area contributed by atoms with Crippen LogP contribution in [0.2, 0.25) is 5.02 Å². The van der Waals surface area contributed by atoms with Crippen molar-refractivity contribution in [2.24, 2.45) is 5.41 Å². The van der Waals surface area contributed by atoms with Crippen molar-refractivity contribution in [2.45, 2.75) is 38.8 Å². The molecule has 5 rings (SSSR count). The predicted molar refractivity (Wildman–Crippen MR) is 161 cm³/mol. The molecule has 1 amide bonds. The molecule has 2 atom stereocenters. The molecule has 0 spiro atoms. The van der Waals surface area contributed by atoms with Crippen molar-refractivity contribution in [3.63, 3.8) is 0 Å². The summed E-state index contributed by atoms with van der Waals surface area (Å²) in [7, 11) is 3.16.